The highest BCUT2D eigenvalue weighted by molar-refractivity contribution is 5.61. The van der Waals surface area contributed by atoms with Crippen LogP contribution in [0.5, 0.6) is 12.0 Å². The first kappa shape index (κ1) is 15.9. The van der Waals surface area contributed by atoms with Crippen LogP contribution in [0.15, 0.2) is 42.9 Å². The summed E-state index contributed by atoms with van der Waals surface area (Å²) in [6, 6.07) is 6.34. The molecular formula is C16H12FN5O4. The van der Waals surface area contributed by atoms with Gasteiger partial charge in [0.25, 0.3) is 0 Å². The van der Waals surface area contributed by atoms with E-state index in [0.29, 0.717) is 6.54 Å². The smallest absolute Gasteiger partial charge is 0.414 e. The van der Waals surface area contributed by atoms with Crippen molar-refractivity contribution in [2.24, 2.45) is 0 Å². The Kier molecular flexibility index (Phi) is 3.92. The van der Waals surface area contributed by atoms with Gasteiger partial charge in [-0.2, -0.15) is 0 Å². The summed E-state index contributed by atoms with van der Waals surface area (Å²) in [6.45, 7) is 0.510. The van der Waals surface area contributed by atoms with Crippen molar-refractivity contribution >= 4 is 5.82 Å². The zero-order chi connectivity index (χ0) is 18.1. The lowest BCUT2D eigenvalue weighted by Gasteiger charge is -2.21. The molecule has 3 heterocycles. The van der Waals surface area contributed by atoms with Crippen molar-refractivity contribution in [1.29, 1.82) is 0 Å². The third-order valence-corrected chi connectivity index (χ3v) is 3.79. The number of ether oxygens (including phenoxy) is 2. The zero-order valence-corrected chi connectivity index (χ0v) is 13.3. The van der Waals surface area contributed by atoms with Crippen LogP contribution in [0.25, 0.3) is 11.1 Å². The molecule has 0 radical (unpaired) electrons. The molecule has 132 valence electrons. The summed E-state index contributed by atoms with van der Waals surface area (Å²) in [5.41, 5.74) is 1.51. The number of halogens is 1. The molecule has 0 aliphatic carbocycles. The highest BCUT2D eigenvalue weighted by Crippen LogP contribution is 2.23. The predicted octanol–water partition coefficient (Wildman–Crippen LogP) is 2.23. The Morgan fingerprint density at radius 3 is 2.65 bits per heavy atom. The summed E-state index contributed by atoms with van der Waals surface area (Å²) < 4.78 is 25.5. The van der Waals surface area contributed by atoms with Crippen LogP contribution in [-0.2, 0) is 6.54 Å². The van der Waals surface area contributed by atoms with Crippen molar-refractivity contribution < 1.29 is 18.8 Å². The first-order valence-electron chi connectivity index (χ1n) is 7.67. The van der Waals surface area contributed by atoms with Gasteiger partial charge in [-0.3, -0.25) is 4.57 Å². The van der Waals surface area contributed by atoms with Gasteiger partial charge in [-0.05, 0) is 22.6 Å². The van der Waals surface area contributed by atoms with Crippen molar-refractivity contribution in [3.8, 4) is 23.1 Å². The van der Waals surface area contributed by atoms with E-state index in [9.17, 15) is 14.5 Å². The van der Waals surface area contributed by atoms with Crippen molar-refractivity contribution in [3.05, 3.63) is 58.8 Å². The molecule has 1 atom stereocenters. The van der Waals surface area contributed by atoms with Gasteiger partial charge in [0.15, 0.2) is 6.10 Å². The summed E-state index contributed by atoms with van der Waals surface area (Å²) in [5.74, 6) is -0.591. The average molecular weight is 357 g/mol. The van der Waals surface area contributed by atoms with E-state index in [-0.39, 0.29) is 30.3 Å². The average Bonchev–Trinajstić information content (AvgIpc) is 3.07. The monoisotopic (exact) mass is 357 g/mol. The molecule has 0 N–H and O–H groups in total. The Morgan fingerprint density at radius 1 is 1.23 bits per heavy atom. The van der Waals surface area contributed by atoms with Gasteiger partial charge in [0, 0.05) is 22.9 Å². The van der Waals surface area contributed by atoms with Crippen LogP contribution >= 0.6 is 0 Å². The maximum absolute atomic E-state index is 13.0. The van der Waals surface area contributed by atoms with Gasteiger partial charge in [-0.25, -0.2) is 14.4 Å². The number of fused-ring (bicyclic) bond motifs is 1. The highest BCUT2D eigenvalue weighted by atomic mass is 19.1. The molecule has 1 aliphatic heterocycles. The minimum Gasteiger partial charge on any atom is -0.455 e. The lowest BCUT2D eigenvalue weighted by Crippen LogP contribution is -2.34. The minimum absolute atomic E-state index is 0.155. The molecule has 9 nitrogen and oxygen atoms in total. The summed E-state index contributed by atoms with van der Waals surface area (Å²) in [7, 11) is 0. The molecule has 0 unspecified atom stereocenters. The van der Waals surface area contributed by atoms with E-state index in [0.717, 1.165) is 11.1 Å². The molecule has 10 heteroatoms. The van der Waals surface area contributed by atoms with E-state index in [1.54, 1.807) is 24.5 Å². The van der Waals surface area contributed by atoms with Crippen molar-refractivity contribution in [2.45, 2.75) is 12.6 Å². The SMILES string of the molecule is O=[N+]([O-])c1cn2c(n1)OC[C@H](Oc1ncc(-c3ccc(F)cc3)cn1)C2. The van der Waals surface area contributed by atoms with Crippen LogP contribution < -0.4 is 9.47 Å². The summed E-state index contributed by atoms with van der Waals surface area (Å²) in [4.78, 5) is 22.2. The molecule has 2 aromatic heterocycles. The first-order chi connectivity index (χ1) is 12.6. The van der Waals surface area contributed by atoms with Crippen LogP contribution in [0.2, 0.25) is 0 Å². The quantitative estimate of drug-likeness (QED) is 0.521. The van der Waals surface area contributed by atoms with E-state index in [4.69, 9.17) is 9.47 Å². The van der Waals surface area contributed by atoms with Crippen molar-refractivity contribution in [1.82, 2.24) is 19.5 Å². The number of benzene rings is 1. The number of hydrogen-bond acceptors (Lipinski definition) is 7. The molecule has 0 saturated heterocycles. The molecule has 1 aromatic carbocycles. The van der Waals surface area contributed by atoms with Gasteiger partial charge < -0.3 is 19.6 Å². The molecular weight excluding hydrogens is 345 g/mol. The summed E-state index contributed by atoms with van der Waals surface area (Å²) in [5, 5.41) is 10.8. The molecule has 0 saturated carbocycles. The van der Waals surface area contributed by atoms with Gasteiger partial charge in [-0.1, -0.05) is 12.1 Å². The Bertz CT molecular complexity index is 942. The molecule has 0 amide bonds. The lowest BCUT2D eigenvalue weighted by atomic mass is 10.1. The van der Waals surface area contributed by atoms with Crippen LogP contribution in [0.4, 0.5) is 10.2 Å². The zero-order valence-electron chi connectivity index (χ0n) is 13.3. The fourth-order valence-electron chi connectivity index (χ4n) is 2.55. The lowest BCUT2D eigenvalue weighted by molar-refractivity contribution is -0.389. The molecule has 3 aromatic rings. The number of nitrogens with zero attached hydrogens (tertiary/aromatic N) is 5. The second-order valence-electron chi connectivity index (χ2n) is 5.60. The second-order valence-corrected chi connectivity index (χ2v) is 5.60. The van der Waals surface area contributed by atoms with E-state index >= 15 is 0 Å². The second kappa shape index (κ2) is 6.39. The van der Waals surface area contributed by atoms with Crippen LogP contribution in [-0.4, -0.2) is 37.2 Å². The van der Waals surface area contributed by atoms with E-state index < -0.39 is 11.0 Å². The fourth-order valence-corrected chi connectivity index (χ4v) is 2.55. The largest absolute Gasteiger partial charge is 0.455 e. The Morgan fingerprint density at radius 2 is 1.96 bits per heavy atom. The Labute approximate surface area is 146 Å². The standard InChI is InChI=1S/C16H12FN5O4/c17-12-3-1-10(2-4-12)11-5-18-15(19-6-11)26-13-7-21-8-14(22(23)24)20-16(21)25-9-13/h1-6,8,13H,7,9H2/t13-/m1/s1. The molecule has 1 aliphatic rings. The third kappa shape index (κ3) is 3.16. The van der Waals surface area contributed by atoms with Gasteiger partial charge in [0.2, 0.25) is 0 Å². The topological polar surface area (TPSA) is 105 Å². The summed E-state index contributed by atoms with van der Waals surface area (Å²) >= 11 is 0. The molecule has 0 spiro atoms. The van der Waals surface area contributed by atoms with E-state index in [2.05, 4.69) is 15.0 Å². The number of aromatic nitrogens is 4. The third-order valence-electron chi connectivity index (χ3n) is 3.79. The highest BCUT2D eigenvalue weighted by Gasteiger charge is 2.29. The minimum atomic E-state index is -0.582. The van der Waals surface area contributed by atoms with Gasteiger partial charge >= 0.3 is 17.8 Å². The summed E-state index contributed by atoms with van der Waals surface area (Å²) in [6.07, 6.45) is 4.04. The molecule has 0 fully saturated rings. The number of imidazole rings is 1. The van der Waals surface area contributed by atoms with Crippen molar-refractivity contribution in [3.63, 3.8) is 0 Å². The maximum atomic E-state index is 13.0. The molecule has 4 rings (SSSR count). The predicted molar refractivity (Wildman–Crippen MR) is 86.2 cm³/mol. The normalized spacial score (nSPS) is 15.8. The Hall–Kier alpha value is -3.56. The first-order valence-corrected chi connectivity index (χ1v) is 7.67. The maximum Gasteiger partial charge on any atom is 0.414 e. The number of hydrogen-bond donors (Lipinski definition) is 0. The number of nitro groups is 1. The van der Waals surface area contributed by atoms with Gasteiger partial charge in [-0.15, -0.1) is 0 Å². The van der Waals surface area contributed by atoms with Crippen molar-refractivity contribution in [2.75, 3.05) is 6.61 Å². The van der Waals surface area contributed by atoms with E-state index in [1.165, 1.54) is 22.9 Å². The molecule has 26 heavy (non-hydrogen) atoms. The van der Waals surface area contributed by atoms with E-state index in [1.807, 2.05) is 0 Å². The van der Waals surface area contributed by atoms with Crippen LogP contribution in [0.1, 0.15) is 0 Å². The Balaban J connectivity index is 1.44. The van der Waals surface area contributed by atoms with Gasteiger partial charge in [0.1, 0.15) is 18.6 Å². The van der Waals surface area contributed by atoms with Gasteiger partial charge in [0.05, 0.1) is 6.54 Å². The molecule has 0 bridgehead atoms. The van der Waals surface area contributed by atoms with Crippen LogP contribution in [0.3, 0.4) is 0 Å². The number of rotatable bonds is 4. The van der Waals surface area contributed by atoms with Crippen LogP contribution in [0, 0.1) is 15.9 Å². The fraction of sp³-hybridized carbons (Fsp3) is 0.188.